The number of likely N-dealkylation sites (tertiary alicyclic amines) is 1. The molecule has 1 aliphatic rings. The molecule has 0 spiro atoms. The van der Waals surface area contributed by atoms with Crippen molar-refractivity contribution in [3.05, 3.63) is 47.1 Å². The molecular formula is C21H28ClN5OS. The van der Waals surface area contributed by atoms with E-state index in [1.807, 2.05) is 30.1 Å². The van der Waals surface area contributed by atoms with E-state index < -0.39 is 0 Å². The van der Waals surface area contributed by atoms with E-state index in [2.05, 4.69) is 32.3 Å². The number of carbonyl (C=O) groups is 1. The zero-order valence-corrected chi connectivity index (χ0v) is 18.4. The number of aromatic nitrogens is 2. The van der Waals surface area contributed by atoms with Crippen molar-refractivity contribution in [2.45, 2.75) is 31.0 Å². The Morgan fingerprint density at radius 1 is 1.21 bits per heavy atom. The van der Waals surface area contributed by atoms with Crippen molar-refractivity contribution in [3.8, 4) is 0 Å². The second kappa shape index (κ2) is 11.4. The minimum Gasteiger partial charge on any atom is -0.355 e. The lowest BCUT2D eigenvalue weighted by atomic mass is 10.1. The summed E-state index contributed by atoms with van der Waals surface area (Å²) in [4.78, 5) is 25.4. The summed E-state index contributed by atoms with van der Waals surface area (Å²) in [7, 11) is 1.97. The molecule has 0 saturated carbocycles. The van der Waals surface area contributed by atoms with Gasteiger partial charge in [0.05, 0.1) is 5.75 Å². The molecule has 0 radical (unpaired) electrons. The number of amides is 1. The lowest BCUT2D eigenvalue weighted by Crippen LogP contribution is -2.38. The Bertz CT molecular complexity index is 786. The third-order valence-electron chi connectivity index (χ3n) is 4.85. The lowest BCUT2D eigenvalue weighted by Gasteiger charge is -2.26. The van der Waals surface area contributed by atoms with Crippen molar-refractivity contribution in [2.75, 3.05) is 43.9 Å². The zero-order valence-electron chi connectivity index (χ0n) is 16.8. The van der Waals surface area contributed by atoms with Crippen LogP contribution in [0.3, 0.4) is 0 Å². The van der Waals surface area contributed by atoms with E-state index in [4.69, 9.17) is 11.6 Å². The molecule has 0 aliphatic carbocycles. The Balaban J connectivity index is 1.47. The number of piperidine rings is 1. The maximum Gasteiger partial charge on any atom is 0.230 e. The average Bonchev–Trinajstić information content (AvgIpc) is 2.73. The van der Waals surface area contributed by atoms with Crippen molar-refractivity contribution in [1.82, 2.24) is 20.2 Å². The largest absolute Gasteiger partial charge is 0.355 e. The van der Waals surface area contributed by atoms with Gasteiger partial charge in [0.2, 0.25) is 5.91 Å². The second-order valence-electron chi connectivity index (χ2n) is 7.21. The molecule has 3 rings (SSSR count). The van der Waals surface area contributed by atoms with Gasteiger partial charge in [0.1, 0.15) is 11.0 Å². The summed E-state index contributed by atoms with van der Waals surface area (Å²) in [6.45, 7) is 4.59. The highest BCUT2D eigenvalue weighted by atomic mass is 35.5. The molecule has 156 valence electrons. The first-order valence-corrected chi connectivity index (χ1v) is 11.4. The van der Waals surface area contributed by atoms with Gasteiger partial charge in [-0.15, -0.1) is 0 Å². The van der Waals surface area contributed by atoms with Crippen LogP contribution in [0.25, 0.3) is 0 Å². The third-order valence-corrected chi connectivity index (χ3v) is 5.89. The van der Waals surface area contributed by atoms with E-state index in [9.17, 15) is 4.79 Å². The van der Waals surface area contributed by atoms with Crippen LogP contribution in [0.4, 0.5) is 5.82 Å². The molecule has 1 saturated heterocycles. The zero-order chi connectivity index (χ0) is 20.5. The summed E-state index contributed by atoms with van der Waals surface area (Å²) in [6.07, 6.45) is 3.84. The van der Waals surface area contributed by atoms with Crippen LogP contribution in [-0.4, -0.2) is 59.8 Å². The SMILES string of the molecule is CN(Cc1ccccc1)c1cc(Cl)nc(SCC(=O)NCCN2CCCCC2)n1. The molecule has 2 aromatic rings. The Morgan fingerprint density at radius 2 is 1.97 bits per heavy atom. The summed E-state index contributed by atoms with van der Waals surface area (Å²) in [5.41, 5.74) is 1.19. The molecule has 1 aromatic carbocycles. The van der Waals surface area contributed by atoms with Crippen molar-refractivity contribution in [1.29, 1.82) is 0 Å². The van der Waals surface area contributed by atoms with E-state index in [0.29, 0.717) is 16.9 Å². The summed E-state index contributed by atoms with van der Waals surface area (Å²) >= 11 is 7.49. The lowest BCUT2D eigenvalue weighted by molar-refractivity contribution is -0.118. The van der Waals surface area contributed by atoms with Gasteiger partial charge in [-0.2, -0.15) is 0 Å². The molecule has 0 unspecified atom stereocenters. The minimum atomic E-state index is -0.00484. The van der Waals surface area contributed by atoms with Crippen LogP contribution in [0.15, 0.2) is 41.6 Å². The summed E-state index contributed by atoms with van der Waals surface area (Å²) < 4.78 is 0. The van der Waals surface area contributed by atoms with Crippen LogP contribution < -0.4 is 10.2 Å². The number of halogens is 1. The smallest absolute Gasteiger partial charge is 0.230 e. The molecule has 1 aromatic heterocycles. The number of nitrogens with zero attached hydrogens (tertiary/aromatic N) is 4. The van der Waals surface area contributed by atoms with Gasteiger partial charge in [-0.1, -0.05) is 60.1 Å². The van der Waals surface area contributed by atoms with Crippen LogP contribution in [0.1, 0.15) is 24.8 Å². The molecule has 1 fully saturated rings. The number of carbonyl (C=O) groups excluding carboxylic acids is 1. The highest BCUT2D eigenvalue weighted by Crippen LogP contribution is 2.22. The quantitative estimate of drug-likeness (QED) is 0.371. The molecule has 1 N–H and O–H groups in total. The van der Waals surface area contributed by atoms with Crippen molar-refractivity contribution in [3.63, 3.8) is 0 Å². The minimum absolute atomic E-state index is 0.00484. The Labute approximate surface area is 182 Å². The molecular weight excluding hydrogens is 406 g/mol. The molecule has 1 amide bonds. The number of anilines is 1. The van der Waals surface area contributed by atoms with Crippen LogP contribution in [0.5, 0.6) is 0 Å². The fourth-order valence-electron chi connectivity index (χ4n) is 3.30. The van der Waals surface area contributed by atoms with E-state index >= 15 is 0 Å². The highest BCUT2D eigenvalue weighted by molar-refractivity contribution is 7.99. The first-order valence-electron chi connectivity index (χ1n) is 10.0. The normalized spacial score (nSPS) is 14.6. The van der Waals surface area contributed by atoms with Crippen LogP contribution in [-0.2, 0) is 11.3 Å². The molecule has 1 aliphatic heterocycles. The number of hydrogen-bond acceptors (Lipinski definition) is 6. The molecule has 0 bridgehead atoms. The summed E-state index contributed by atoms with van der Waals surface area (Å²) in [5, 5.41) is 3.87. The van der Waals surface area contributed by atoms with Crippen LogP contribution in [0, 0.1) is 0 Å². The summed E-state index contributed by atoms with van der Waals surface area (Å²) in [5.74, 6) is 1.01. The van der Waals surface area contributed by atoms with Gasteiger partial charge in [-0.05, 0) is 31.5 Å². The van der Waals surface area contributed by atoms with Crippen molar-refractivity contribution in [2.24, 2.45) is 0 Å². The Morgan fingerprint density at radius 3 is 2.72 bits per heavy atom. The number of hydrogen-bond donors (Lipinski definition) is 1. The van der Waals surface area contributed by atoms with Gasteiger partial charge >= 0.3 is 0 Å². The van der Waals surface area contributed by atoms with Crippen molar-refractivity contribution >= 4 is 35.1 Å². The monoisotopic (exact) mass is 433 g/mol. The number of thioether (sulfide) groups is 1. The predicted octanol–water partition coefficient (Wildman–Crippen LogP) is 3.46. The molecule has 29 heavy (non-hydrogen) atoms. The van der Waals surface area contributed by atoms with Gasteiger partial charge in [-0.3, -0.25) is 4.79 Å². The van der Waals surface area contributed by atoms with Gasteiger partial charge < -0.3 is 15.1 Å². The average molecular weight is 434 g/mol. The van der Waals surface area contributed by atoms with Gasteiger partial charge in [0, 0.05) is 32.7 Å². The fourth-order valence-corrected chi connectivity index (χ4v) is 4.21. The standard InChI is InChI=1S/C21H28ClN5OS/c1-26(15-17-8-4-2-5-9-17)19-14-18(22)24-21(25-19)29-16-20(28)23-10-13-27-11-6-3-7-12-27/h2,4-5,8-9,14H,3,6-7,10-13,15-16H2,1H3,(H,23,28). The third kappa shape index (κ3) is 7.49. The molecule has 8 heteroatoms. The maximum atomic E-state index is 12.2. The predicted molar refractivity (Wildman–Crippen MR) is 120 cm³/mol. The number of rotatable bonds is 9. The fraction of sp³-hybridized carbons (Fsp3) is 0.476. The van der Waals surface area contributed by atoms with Gasteiger partial charge in [0.25, 0.3) is 0 Å². The first kappa shape index (κ1) is 21.9. The topological polar surface area (TPSA) is 61.4 Å². The maximum absolute atomic E-state index is 12.2. The van der Waals surface area contributed by atoms with E-state index in [1.54, 1.807) is 6.07 Å². The second-order valence-corrected chi connectivity index (χ2v) is 8.54. The first-order chi connectivity index (χ1) is 14.1. The summed E-state index contributed by atoms with van der Waals surface area (Å²) in [6, 6.07) is 11.9. The molecule has 2 heterocycles. The molecule has 0 atom stereocenters. The van der Waals surface area contributed by atoms with Gasteiger partial charge in [0.15, 0.2) is 5.16 Å². The van der Waals surface area contributed by atoms with E-state index in [0.717, 1.165) is 32.0 Å². The van der Waals surface area contributed by atoms with Gasteiger partial charge in [-0.25, -0.2) is 9.97 Å². The molecule has 6 nitrogen and oxygen atoms in total. The highest BCUT2D eigenvalue weighted by Gasteiger charge is 2.12. The number of nitrogens with one attached hydrogen (secondary N) is 1. The van der Waals surface area contributed by atoms with E-state index in [1.165, 1.54) is 36.6 Å². The van der Waals surface area contributed by atoms with Crippen LogP contribution in [0.2, 0.25) is 5.15 Å². The van der Waals surface area contributed by atoms with E-state index in [-0.39, 0.29) is 11.7 Å². The Hall–Kier alpha value is -1.83. The van der Waals surface area contributed by atoms with Crippen molar-refractivity contribution < 1.29 is 4.79 Å². The van der Waals surface area contributed by atoms with Crippen LogP contribution >= 0.6 is 23.4 Å². The Kier molecular flexibility index (Phi) is 8.58. The number of benzene rings is 1.